The average Bonchev–Trinajstić information content (AvgIpc) is 2.67. The summed E-state index contributed by atoms with van der Waals surface area (Å²) in [6, 6.07) is 21.2. The summed E-state index contributed by atoms with van der Waals surface area (Å²) in [6.07, 6.45) is 1.81. The van der Waals surface area contributed by atoms with E-state index < -0.39 is 0 Å². The summed E-state index contributed by atoms with van der Waals surface area (Å²) in [6.45, 7) is 2.39. The number of hydrogen-bond acceptors (Lipinski definition) is 2. The molecule has 0 aliphatic carbocycles. The third-order valence-electron chi connectivity index (χ3n) is 4.11. The molecule has 0 fully saturated rings. The van der Waals surface area contributed by atoms with Crippen molar-refractivity contribution in [3.05, 3.63) is 97.4 Å². The zero-order valence-electron chi connectivity index (χ0n) is 15.0. The Labute approximate surface area is 183 Å². The van der Waals surface area contributed by atoms with E-state index in [9.17, 15) is 5.26 Å². The number of allylic oxidation sites excluding steroid dienone is 1. The van der Waals surface area contributed by atoms with Crippen LogP contribution in [-0.2, 0) is 6.61 Å². The summed E-state index contributed by atoms with van der Waals surface area (Å²) in [7, 11) is 0. The van der Waals surface area contributed by atoms with Crippen molar-refractivity contribution in [3.8, 4) is 11.8 Å². The van der Waals surface area contributed by atoms with Crippen molar-refractivity contribution in [3.63, 3.8) is 0 Å². The normalized spacial score (nSPS) is 11.2. The Kier molecular flexibility index (Phi) is 6.80. The lowest BCUT2D eigenvalue weighted by Gasteiger charge is -2.11. The van der Waals surface area contributed by atoms with Gasteiger partial charge in [0.2, 0.25) is 0 Å². The minimum atomic E-state index is 0.373. The molecule has 0 saturated heterocycles. The van der Waals surface area contributed by atoms with Crippen molar-refractivity contribution in [1.82, 2.24) is 0 Å². The number of ether oxygens (including phenoxy) is 1. The topological polar surface area (TPSA) is 33.0 Å². The number of benzene rings is 3. The Morgan fingerprint density at radius 3 is 2.36 bits per heavy atom. The smallest absolute Gasteiger partial charge is 0.152 e. The molecule has 0 heterocycles. The number of aryl methyl sites for hydroxylation is 1. The van der Waals surface area contributed by atoms with Gasteiger partial charge in [0, 0.05) is 5.02 Å². The van der Waals surface area contributed by atoms with Crippen LogP contribution >= 0.6 is 39.1 Å². The second kappa shape index (κ2) is 9.30. The van der Waals surface area contributed by atoms with E-state index in [1.165, 1.54) is 0 Å². The lowest BCUT2D eigenvalue weighted by Crippen LogP contribution is -1.97. The summed E-state index contributed by atoms with van der Waals surface area (Å²) < 4.78 is 6.59. The van der Waals surface area contributed by atoms with Gasteiger partial charge in [-0.2, -0.15) is 5.26 Å². The van der Waals surface area contributed by atoms with Gasteiger partial charge in [-0.25, -0.2) is 0 Å². The van der Waals surface area contributed by atoms with Gasteiger partial charge < -0.3 is 4.74 Å². The van der Waals surface area contributed by atoms with Crippen molar-refractivity contribution in [2.75, 3.05) is 0 Å². The third kappa shape index (κ3) is 5.17. The van der Waals surface area contributed by atoms with E-state index in [2.05, 4.69) is 22.0 Å². The first-order chi connectivity index (χ1) is 13.5. The zero-order valence-corrected chi connectivity index (χ0v) is 18.1. The highest BCUT2D eigenvalue weighted by molar-refractivity contribution is 9.10. The molecule has 5 heteroatoms. The van der Waals surface area contributed by atoms with Crippen LogP contribution in [0, 0.1) is 18.3 Å². The summed E-state index contributed by atoms with van der Waals surface area (Å²) >= 11 is 15.9. The molecule has 0 aliphatic heterocycles. The minimum Gasteiger partial charge on any atom is -0.486 e. The second-order valence-electron chi connectivity index (χ2n) is 6.26. The highest BCUT2D eigenvalue weighted by Crippen LogP contribution is 2.36. The predicted molar refractivity (Wildman–Crippen MR) is 120 cm³/mol. The van der Waals surface area contributed by atoms with Crippen molar-refractivity contribution < 1.29 is 4.74 Å². The lowest BCUT2D eigenvalue weighted by molar-refractivity contribution is 0.304. The zero-order chi connectivity index (χ0) is 20.1. The average molecular weight is 473 g/mol. The van der Waals surface area contributed by atoms with Crippen LogP contribution in [0.15, 0.2) is 65.1 Å². The van der Waals surface area contributed by atoms with Crippen LogP contribution in [0.25, 0.3) is 11.6 Å². The number of nitriles is 1. The Hall–Kier alpha value is -2.25. The van der Waals surface area contributed by atoms with E-state index in [-0.39, 0.29) is 0 Å². The molecule has 0 spiro atoms. The molecule has 2 nitrogen and oxygen atoms in total. The summed E-state index contributed by atoms with van der Waals surface area (Å²) in [5.74, 6) is 0.558. The highest BCUT2D eigenvalue weighted by atomic mass is 79.9. The molecule has 3 aromatic rings. The number of nitrogens with zero attached hydrogens (tertiary/aromatic N) is 1. The molecule has 0 unspecified atom stereocenters. The number of hydrogen-bond donors (Lipinski definition) is 0. The van der Waals surface area contributed by atoms with Gasteiger partial charge >= 0.3 is 0 Å². The SMILES string of the molecule is Cc1ccc(/C(C#N)=C\c2cc(Cl)c(OCc3ccc(Cl)cc3)c(Br)c2)cc1. The summed E-state index contributed by atoms with van der Waals surface area (Å²) in [4.78, 5) is 0. The van der Waals surface area contributed by atoms with Gasteiger partial charge in [-0.05, 0) is 69.9 Å². The molecule has 28 heavy (non-hydrogen) atoms. The molecule has 0 saturated carbocycles. The van der Waals surface area contributed by atoms with Crippen LogP contribution in [0.4, 0.5) is 0 Å². The maximum atomic E-state index is 9.54. The van der Waals surface area contributed by atoms with Crippen molar-refractivity contribution in [2.45, 2.75) is 13.5 Å². The van der Waals surface area contributed by atoms with Gasteiger partial charge in [0.15, 0.2) is 5.75 Å². The Bertz CT molecular complexity index is 1030. The lowest BCUT2D eigenvalue weighted by atomic mass is 10.0. The van der Waals surface area contributed by atoms with Gasteiger partial charge in [-0.1, -0.05) is 65.2 Å². The fourth-order valence-electron chi connectivity index (χ4n) is 2.62. The Morgan fingerprint density at radius 1 is 1.07 bits per heavy atom. The van der Waals surface area contributed by atoms with Crippen molar-refractivity contribution in [1.29, 1.82) is 5.26 Å². The van der Waals surface area contributed by atoms with E-state index >= 15 is 0 Å². The van der Waals surface area contributed by atoms with Gasteiger partial charge in [0.05, 0.1) is 21.1 Å². The van der Waals surface area contributed by atoms with E-state index in [1.54, 1.807) is 6.07 Å². The highest BCUT2D eigenvalue weighted by Gasteiger charge is 2.10. The van der Waals surface area contributed by atoms with Crippen LogP contribution in [0.2, 0.25) is 10.0 Å². The first-order valence-electron chi connectivity index (χ1n) is 8.51. The standard InChI is InChI=1S/C23H16BrCl2NO/c1-15-2-6-18(7-3-15)19(13-27)10-17-11-21(24)23(22(26)12-17)28-14-16-4-8-20(25)9-5-16/h2-12H,14H2,1H3/b19-10-. The van der Waals surface area contributed by atoms with Crippen molar-refractivity contribution >= 4 is 50.8 Å². The maximum absolute atomic E-state index is 9.54. The molecule has 0 aliphatic rings. The molecule has 3 rings (SSSR count). The molecule has 0 N–H and O–H groups in total. The molecule has 0 radical (unpaired) electrons. The third-order valence-corrected chi connectivity index (χ3v) is 5.23. The number of halogens is 3. The van der Waals surface area contributed by atoms with E-state index in [4.69, 9.17) is 27.9 Å². The molecule has 0 aromatic heterocycles. The molecule has 0 atom stereocenters. The first kappa shape index (κ1) is 20.5. The minimum absolute atomic E-state index is 0.373. The molecule has 0 bridgehead atoms. The largest absolute Gasteiger partial charge is 0.486 e. The molecule has 3 aromatic carbocycles. The van der Waals surface area contributed by atoms with E-state index in [0.29, 0.717) is 28.0 Å². The fourth-order valence-corrected chi connectivity index (χ4v) is 3.73. The Balaban J connectivity index is 1.83. The summed E-state index contributed by atoms with van der Waals surface area (Å²) in [5, 5.41) is 10.7. The summed E-state index contributed by atoms with van der Waals surface area (Å²) in [5.41, 5.74) is 4.38. The van der Waals surface area contributed by atoms with E-state index in [0.717, 1.165) is 26.7 Å². The van der Waals surface area contributed by atoms with Crippen molar-refractivity contribution in [2.24, 2.45) is 0 Å². The molecular formula is C23H16BrCl2NO. The van der Waals surface area contributed by atoms with Gasteiger partial charge in [-0.3, -0.25) is 0 Å². The van der Waals surface area contributed by atoms with Gasteiger partial charge in [0.25, 0.3) is 0 Å². The van der Waals surface area contributed by atoms with E-state index in [1.807, 2.05) is 67.6 Å². The van der Waals surface area contributed by atoms with Crippen LogP contribution in [-0.4, -0.2) is 0 Å². The number of rotatable bonds is 5. The van der Waals surface area contributed by atoms with Gasteiger partial charge in [-0.15, -0.1) is 0 Å². The Morgan fingerprint density at radius 2 is 1.75 bits per heavy atom. The second-order valence-corrected chi connectivity index (χ2v) is 7.96. The van der Waals surface area contributed by atoms with Crippen LogP contribution in [0.5, 0.6) is 5.75 Å². The monoisotopic (exact) mass is 471 g/mol. The quantitative estimate of drug-likeness (QED) is 0.281. The van der Waals surface area contributed by atoms with Crippen LogP contribution in [0.1, 0.15) is 22.3 Å². The van der Waals surface area contributed by atoms with Crippen LogP contribution < -0.4 is 4.74 Å². The molecule has 140 valence electrons. The molecule has 0 amide bonds. The fraction of sp³-hybridized carbons (Fsp3) is 0.0870. The predicted octanol–water partition coefficient (Wildman–Crippen LogP) is 7.71. The van der Waals surface area contributed by atoms with Crippen LogP contribution in [0.3, 0.4) is 0 Å². The van der Waals surface area contributed by atoms with Gasteiger partial charge in [0.1, 0.15) is 6.61 Å². The first-order valence-corrected chi connectivity index (χ1v) is 10.1. The molecular weight excluding hydrogens is 457 g/mol. The maximum Gasteiger partial charge on any atom is 0.152 e.